The van der Waals surface area contributed by atoms with Crippen molar-refractivity contribution in [2.24, 2.45) is 0 Å². The van der Waals surface area contributed by atoms with E-state index < -0.39 is 10.0 Å². The molecule has 0 saturated carbocycles. The third-order valence-electron chi connectivity index (χ3n) is 8.39. The predicted octanol–water partition coefficient (Wildman–Crippen LogP) is 6.08. The smallest absolute Gasteiger partial charge is 0.321 e. The van der Waals surface area contributed by atoms with Gasteiger partial charge in [-0.3, -0.25) is 4.79 Å². The van der Waals surface area contributed by atoms with Crippen molar-refractivity contribution in [1.82, 2.24) is 14.1 Å². The number of carbonyl (C=O) groups excluding carboxylic acids is 2. The van der Waals surface area contributed by atoms with Crippen LogP contribution >= 0.6 is 11.6 Å². The molecular weight excluding hydrogens is 572 g/mol. The van der Waals surface area contributed by atoms with E-state index in [1.807, 2.05) is 71.9 Å². The minimum Gasteiger partial charge on any atom is -0.335 e. The van der Waals surface area contributed by atoms with Gasteiger partial charge in [-0.25, -0.2) is 13.2 Å². The molecule has 3 amide bonds. The van der Waals surface area contributed by atoms with Crippen LogP contribution in [0.4, 0.5) is 10.5 Å². The Bertz CT molecular complexity index is 1570. The first-order valence-corrected chi connectivity index (χ1v) is 15.9. The van der Waals surface area contributed by atoms with Crippen molar-refractivity contribution in [2.45, 2.75) is 53.0 Å². The number of nitrogens with zero attached hydrogens (tertiary/aromatic N) is 3. The maximum atomic E-state index is 13.7. The van der Waals surface area contributed by atoms with Crippen LogP contribution in [0.15, 0.2) is 53.4 Å². The van der Waals surface area contributed by atoms with Gasteiger partial charge in [-0.1, -0.05) is 41.9 Å². The predicted molar refractivity (Wildman–Crippen MR) is 168 cm³/mol. The Morgan fingerprint density at radius 1 is 0.857 bits per heavy atom. The van der Waals surface area contributed by atoms with Crippen LogP contribution in [-0.4, -0.2) is 67.2 Å². The number of halogens is 1. The van der Waals surface area contributed by atoms with Gasteiger partial charge in [-0.05, 0) is 93.1 Å². The van der Waals surface area contributed by atoms with Gasteiger partial charge in [0.05, 0.1) is 15.5 Å². The largest absolute Gasteiger partial charge is 0.335 e. The lowest BCUT2D eigenvalue weighted by atomic mass is 9.95. The number of urea groups is 1. The normalized spacial score (nSPS) is 14.1. The number of carbonyl (C=O) groups is 2. The summed E-state index contributed by atoms with van der Waals surface area (Å²) in [4.78, 5) is 30.1. The van der Waals surface area contributed by atoms with Crippen molar-refractivity contribution in [3.8, 4) is 0 Å². The molecule has 1 aliphatic rings. The van der Waals surface area contributed by atoms with Crippen molar-refractivity contribution in [3.63, 3.8) is 0 Å². The molecule has 0 unspecified atom stereocenters. The molecule has 1 fully saturated rings. The molecule has 1 aliphatic heterocycles. The fourth-order valence-corrected chi connectivity index (χ4v) is 7.56. The summed E-state index contributed by atoms with van der Waals surface area (Å²) in [5.74, 6) is -0.228. The molecule has 3 aromatic carbocycles. The van der Waals surface area contributed by atoms with Crippen LogP contribution in [0.1, 0.15) is 50.7 Å². The lowest BCUT2D eigenvalue weighted by molar-refractivity contribution is 0.0752. The number of hydrogen-bond acceptors (Lipinski definition) is 4. The van der Waals surface area contributed by atoms with Crippen LogP contribution in [0.2, 0.25) is 5.02 Å². The summed E-state index contributed by atoms with van der Waals surface area (Å²) in [5, 5.41) is 3.16. The first-order valence-electron chi connectivity index (χ1n) is 14.1. The number of anilines is 1. The van der Waals surface area contributed by atoms with Crippen LogP contribution in [0.25, 0.3) is 0 Å². The monoisotopic (exact) mass is 610 g/mol. The molecule has 1 saturated heterocycles. The molecular formula is C32H39ClN4O4S. The average molecular weight is 611 g/mol. The highest BCUT2D eigenvalue weighted by atomic mass is 35.5. The van der Waals surface area contributed by atoms with Gasteiger partial charge in [0.1, 0.15) is 0 Å². The molecule has 0 aliphatic carbocycles. The minimum absolute atomic E-state index is 0.190. The Hall–Kier alpha value is -3.40. The van der Waals surface area contributed by atoms with E-state index in [1.165, 1.54) is 4.31 Å². The number of amides is 3. The number of rotatable bonds is 7. The Balaban J connectivity index is 1.44. The molecule has 0 bridgehead atoms. The molecule has 1 N–H and O–H groups in total. The van der Waals surface area contributed by atoms with Gasteiger partial charge < -0.3 is 15.1 Å². The topological polar surface area (TPSA) is 90.0 Å². The molecule has 4 rings (SSSR count). The molecule has 10 heteroatoms. The molecule has 0 spiro atoms. The van der Waals surface area contributed by atoms with Gasteiger partial charge >= 0.3 is 6.03 Å². The summed E-state index contributed by atoms with van der Waals surface area (Å²) in [6, 6.07) is 14.2. The second-order valence-corrected chi connectivity index (χ2v) is 13.1. The highest BCUT2D eigenvalue weighted by Crippen LogP contribution is 2.32. The summed E-state index contributed by atoms with van der Waals surface area (Å²) in [7, 11) is -3.73. The summed E-state index contributed by atoms with van der Waals surface area (Å²) in [6.07, 6.45) is 0. The van der Waals surface area contributed by atoms with Crippen molar-refractivity contribution in [1.29, 1.82) is 0 Å². The van der Waals surface area contributed by atoms with Gasteiger partial charge in [0.15, 0.2) is 0 Å². The zero-order valence-electron chi connectivity index (χ0n) is 25.1. The van der Waals surface area contributed by atoms with E-state index in [0.717, 1.165) is 33.4 Å². The number of sulfonamides is 1. The van der Waals surface area contributed by atoms with Gasteiger partial charge in [0.25, 0.3) is 5.91 Å². The SMILES string of the molecule is CCN(Cc1ccccc1)C(=O)c1cc(NC(=O)N2CCN(S(=O)(=O)c3c(C)c(C)c(C)c(C)c3C)CC2)ccc1Cl. The lowest BCUT2D eigenvalue weighted by Gasteiger charge is -2.35. The molecule has 224 valence electrons. The van der Waals surface area contributed by atoms with Crippen molar-refractivity contribution in [2.75, 3.05) is 38.0 Å². The lowest BCUT2D eigenvalue weighted by Crippen LogP contribution is -2.51. The minimum atomic E-state index is -3.73. The summed E-state index contributed by atoms with van der Waals surface area (Å²) < 4.78 is 28.9. The van der Waals surface area contributed by atoms with E-state index in [2.05, 4.69) is 5.32 Å². The first kappa shape index (κ1) is 31.5. The fourth-order valence-electron chi connectivity index (χ4n) is 5.38. The standard InChI is InChI=1S/C32H39ClN4O4S/c1-7-35(20-26-11-9-8-10-12-26)31(38)28-19-27(13-14-29(28)33)34-32(39)36-15-17-37(18-16-36)42(40,41)30-24(5)22(3)21(2)23(4)25(30)6/h8-14,19H,7,15-18,20H2,1-6H3,(H,34,39). The second kappa shape index (κ2) is 12.9. The van der Waals surface area contributed by atoms with E-state index in [4.69, 9.17) is 11.6 Å². The summed E-state index contributed by atoms with van der Waals surface area (Å²) in [6.45, 7) is 13.4. The fraction of sp³-hybridized carbons (Fsp3) is 0.375. The molecule has 0 atom stereocenters. The molecule has 8 nitrogen and oxygen atoms in total. The molecule has 0 aromatic heterocycles. The first-order chi connectivity index (χ1) is 19.9. The number of piperazine rings is 1. The number of benzene rings is 3. The van der Waals surface area contributed by atoms with Crippen LogP contribution in [0, 0.1) is 34.6 Å². The van der Waals surface area contributed by atoms with Gasteiger partial charge in [0.2, 0.25) is 10.0 Å². The Kier molecular flexibility index (Phi) is 9.65. The summed E-state index contributed by atoms with van der Waals surface area (Å²) in [5.41, 5.74) is 6.37. The van der Waals surface area contributed by atoms with E-state index in [0.29, 0.717) is 34.3 Å². The molecule has 3 aromatic rings. The van der Waals surface area contributed by atoms with Crippen molar-refractivity contribution >= 4 is 39.2 Å². The average Bonchev–Trinajstić information content (AvgIpc) is 2.99. The van der Waals surface area contributed by atoms with Crippen LogP contribution in [0.3, 0.4) is 0 Å². The second-order valence-electron chi connectivity index (χ2n) is 10.8. The highest BCUT2D eigenvalue weighted by Gasteiger charge is 2.33. The Morgan fingerprint density at radius 2 is 1.43 bits per heavy atom. The van der Waals surface area contributed by atoms with Crippen molar-refractivity contribution in [3.05, 3.63) is 92.5 Å². The third kappa shape index (κ3) is 6.33. The van der Waals surface area contributed by atoms with Crippen LogP contribution in [0.5, 0.6) is 0 Å². The molecule has 0 radical (unpaired) electrons. The van der Waals surface area contributed by atoms with E-state index in [-0.39, 0.29) is 38.1 Å². The number of nitrogens with one attached hydrogen (secondary N) is 1. The zero-order chi connectivity index (χ0) is 30.8. The van der Waals surface area contributed by atoms with Crippen LogP contribution in [-0.2, 0) is 16.6 Å². The maximum absolute atomic E-state index is 13.7. The van der Waals surface area contributed by atoms with E-state index >= 15 is 0 Å². The Labute approximate surface area is 254 Å². The Morgan fingerprint density at radius 3 is 2.00 bits per heavy atom. The van der Waals surface area contributed by atoms with Crippen molar-refractivity contribution < 1.29 is 18.0 Å². The number of hydrogen-bond donors (Lipinski definition) is 1. The maximum Gasteiger partial charge on any atom is 0.321 e. The quantitative estimate of drug-likeness (QED) is 0.351. The van der Waals surface area contributed by atoms with E-state index in [1.54, 1.807) is 28.0 Å². The van der Waals surface area contributed by atoms with Crippen LogP contribution < -0.4 is 5.32 Å². The third-order valence-corrected chi connectivity index (χ3v) is 10.9. The zero-order valence-corrected chi connectivity index (χ0v) is 26.7. The molecule has 42 heavy (non-hydrogen) atoms. The van der Waals surface area contributed by atoms with Gasteiger partial charge in [-0.15, -0.1) is 0 Å². The van der Waals surface area contributed by atoms with E-state index in [9.17, 15) is 18.0 Å². The summed E-state index contributed by atoms with van der Waals surface area (Å²) >= 11 is 6.41. The molecule has 1 heterocycles. The highest BCUT2D eigenvalue weighted by molar-refractivity contribution is 7.89. The van der Waals surface area contributed by atoms with Gasteiger partial charge in [-0.2, -0.15) is 4.31 Å². The van der Waals surface area contributed by atoms with Gasteiger partial charge in [0, 0.05) is 45.0 Å².